The highest BCUT2D eigenvalue weighted by atomic mass is 79.9. The zero-order valence-corrected chi connectivity index (χ0v) is 16.4. The largest absolute Gasteiger partial charge is 0.324 e. The van der Waals surface area contributed by atoms with Gasteiger partial charge >= 0.3 is 0 Å². The van der Waals surface area contributed by atoms with Crippen molar-refractivity contribution in [1.29, 1.82) is 0 Å². The molecule has 5 nitrogen and oxygen atoms in total. The molecule has 24 heavy (non-hydrogen) atoms. The van der Waals surface area contributed by atoms with Crippen LogP contribution in [0.3, 0.4) is 0 Å². The lowest BCUT2D eigenvalue weighted by molar-refractivity contribution is -0.116. The van der Waals surface area contributed by atoms with Crippen molar-refractivity contribution in [2.45, 2.75) is 4.90 Å². The van der Waals surface area contributed by atoms with E-state index in [1.165, 1.54) is 19.2 Å². The third-order valence-electron chi connectivity index (χ3n) is 3.11. The minimum Gasteiger partial charge on any atom is -0.324 e. The molecule has 0 heterocycles. The monoisotopic (exact) mass is 450 g/mol. The first-order chi connectivity index (χ1) is 11.2. The predicted octanol–water partition coefficient (Wildman–Crippen LogP) is 4.02. The van der Waals surface area contributed by atoms with Gasteiger partial charge in [-0.1, -0.05) is 45.2 Å². The first-order valence-corrected chi connectivity index (χ1v) is 9.66. The van der Waals surface area contributed by atoms with Gasteiger partial charge in [0.25, 0.3) is 0 Å². The number of likely N-dealkylation sites (N-methyl/N-ethyl adjacent to an activating group) is 1. The molecule has 0 atom stereocenters. The fourth-order valence-electron chi connectivity index (χ4n) is 1.86. The Bertz CT molecular complexity index is 858. The van der Waals surface area contributed by atoms with Gasteiger partial charge in [0.15, 0.2) is 0 Å². The highest BCUT2D eigenvalue weighted by molar-refractivity contribution is 9.10. The molecule has 0 unspecified atom stereocenters. The summed E-state index contributed by atoms with van der Waals surface area (Å²) in [7, 11) is -2.44. The highest BCUT2D eigenvalue weighted by Crippen LogP contribution is 2.29. The third-order valence-corrected chi connectivity index (χ3v) is 6.28. The summed E-state index contributed by atoms with van der Waals surface area (Å²) in [6.45, 7) is -0.360. The maximum absolute atomic E-state index is 12.4. The number of hydrogen-bond acceptors (Lipinski definition) is 3. The second-order valence-electron chi connectivity index (χ2n) is 4.86. The number of carbonyl (C=O) groups is 1. The highest BCUT2D eigenvalue weighted by Gasteiger charge is 2.23. The van der Waals surface area contributed by atoms with Crippen LogP contribution in [0.25, 0.3) is 0 Å². The molecule has 0 radical (unpaired) electrons. The van der Waals surface area contributed by atoms with Crippen molar-refractivity contribution in [3.05, 3.63) is 57.0 Å². The van der Waals surface area contributed by atoms with Crippen LogP contribution in [0.5, 0.6) is 0 Å². The van der Waals surface area contributed by atoms with Gasteiger partial charge in [-0.15, -0.1) is 0 Å². The average Bonchev–Trinajstić information content (AvgIpc) is 2.52. The van der Waals surface area contributed by atoms with E-state index in [0.29, 0.717) is 10.7 Å². The van der Waals surface area contributed by atoms with Gasteiger partial charge in [-0.3, -0.25) is 4.79 Å². The quantitative estimate of drug-likeness (QED) is 0.746. The van der Waals surface area contributed by atoms with E-state index < -0.39 is 15.9 Å². The van der Waals surface area contributed by atoms with E-state index in [0.717, 1.165) is 8.78 Å². The minimum absolute atomic E-state index is 0.0989. The smallest absolute Gasteiger partial charge is 0.243 e. The molecule has 9 heteroatoms. The molecule has 0 saturated heterocycles. The van der Waals surface area contributed by atoms with Crippen molar-refractivity contribution < 1.29 is 13.2 Å². The summed E-state index contributed by atoms with van der Waals surface area (Å²) in [6, 6.07) is 11.0. The van der Waals surface area contributed by atoms with E-state index in [1.54, 1.807) is 30.3 Å². The van der Waals surface area contributed by atoms with Crippen molar-refractivity contribution in [2.75, 3.05) is 18.9 Å². The van der Waals surface area contributed by atoms with Crippen molar-refractivity contribution in [2.24, 2.45) is 0 Å². The van der Waals surface area contributed by atoms with Gasteiger partial charge in [-0.2, -0.15) is 4.31 Å². The zero-order valence-electron chi connectivity index (χ0n) is 12.5. The predicted molar refractivity (Wildman–Crippen MR) is 99.0 cm³/mol. The Kier molecular flexibility index (Phi) is 6.28. The Hall–Kier alpha value is -1.12. The van der Waals surface area contributed by atoms with Gasteiger partial charge in [0, 0.05) is 11.5 Å². The first-order valence-electron chi connectivity index (χ1n) is 6.67. The summed E-state index contributed by atoms with van der Waals surface area (Å²) in [5.41, 5.74) is 0.323. The molecule has 0 aliphatic heterocycles. The van der Waals surface area contributed by atoms with Crippen molar-refractivity contribution >= 4 is 60.7 Å². The second kappa shape index (κ2) is 7.84. The van der Waals surface area contributed by atoms with Crippen LogP contribution in [0.2, 0.25) is 10.0 Å². The van der Waals surface area contributed by atoms with Crippen LogP contribution in [0.4, 0.5) is 5.69 Å². The number of rotatable bonds is 5. The molecule has 0 bridgehead atoms. The van der Waals surface area contributed by atoms with Gasteiger partial charge in [0.2, 0.25) is 15.9 Å². The number of nitrogens with zero attached hydrogens (tertiary/aromatic N) is 1. The standard InChI is InChI=1S/C15H13BrCl2N2O3S/c1-20(24(22,23)11-7-5-10(16)6-8-11)9-14(21)19-13-4-2-3-12(17)15(13)18/h2-8H,9H2,1H3,(H,19,21). The number of hydrogen-bond donors (Lipinski definition) is 1. The summed E-state index contributed by atoms with van der Waals surface area (Å²) in [4.78, 5) is 12.2. The molecule has 0 aliphatic carbocycles. The summed E-state index contributed by atoms with van der Waals surface area (Å²) >= 11 is 15.1. The summed E-state index contributed by atoms with van der Waals surface area (Å²) < 4.78 is 26.6. The molecular weight excluding hydrogens is 439 g/mol. The number of sulfonamides is 1. The van der Waals surface area contributed by atoms with Crippen molar-refractivity contribution in [3.63, 3.8) is 0 Å². The molecule has 1 amide bonds. The Morgan fingerprint density at radius 2 is 1.79 bits per heavy atom. The van der Waals surface area contributed by atoms with E-state index in [9.17, 15) is 13.2 Å². The average molecular weight is 452 g/mol. The number of benzene rings is 2. The lowest BCUT2D eigenvalue weighted by Crippen LogP contribution is -2.35. The second-order valence-corrected chi connectivity index (χ2v) is 8.61. The molecule has 0 aromatic heterocycles. The van der Waals surface area contributed by atoms with Crippen LogP contribution >= 0.6 is 39.1 Å². The third kappa shape index (κ3) is 4.49. The number of amides is 1. The Morgan fingerprint density at radius 1 is 1.17 bits per heavy atom. The molecule has 0 spiro atoms. The Morgan fingerprint density at radius 3 is 2.42 bits per heavy atom. The molecule has 128 valence electrons. The van der Waals surface area contributed by atoms with Gasteiger partial charge < -0.3 is 5.32 Å². The van der Waals surface area contributed by atoms with E-state index in [-0.39, 0.29) is 16.5 Å². The lowest BCUT2D eigenvalue weighted by atomic mass is 10.3. The number of halogens is 3. The summed E-state index contributed by atoms with van der Waals surface area (Å²) in [5.74, 6) is -0.526. The van der Waals surface area contributed by atoms with E-state index in [4.69, 9.17) is 23.2 Å². The Labute approximate surface area is 158 Å². The van der Waals surface area contributed by atoms with Gasteiger partial charge in [0.1, 0.15) is 0 Å². The van der Waals surface area contributed by atoms with E-state index in [2.05, 4.69) is 21.2 Å². The molecule has 0 saturated carbocycles. The molecule has 1 N–H and O–H groups in total. The molecule has 2 aromatic rings. The maximum Gasteiger partial charge on any atom is 0.243 e. The zero-order chi connectivity index (χ0) is 17.9. The normalized spacial score (nSPS) is 11.5. The van der Waals surface area contributed by atoms with E-state index >= 15 is 0 Å². The van der Waals surface area contributed by atoms with Crippen LogP contribution in [-0.2, 0) is 14.8 Å². The van der Waals surface area contributed by atoms with Crippen LogP contribution in [0, 0.1) is 0 Å². The van der Waals surface area contributed by atoms with Crippen LogP contribution in [0.15, 0.2) is 51.8 Å². The fraction of sp³-hybridized carbons (Fsp3) is 0.133. The van der Waals surface area contributed by atoms with Crippen LogP contribution < -0.4 is 5.32 Å². The molecule has 0 aliphatic rings. The van der Waals surface area contributed by atoms with Gasteiger partial charge in [-0.05, 0) is 36.4 Å². The van der Waals surface area contributed by atoms with E-state index in [1.807, 2.05) is 0 Å². The molecule has 0 fully saturated rings. The SMILES string of the molecule is CN(CC(=O)Nc1cccc(Cl)c1Cl)S(=O)(=O)c1ccc(Br)cc1. The Balaban J connectivity index is 2.10. The fourth-order valence-corrected chi connectivity index (χ4v) is 3.60. The topological polar surface area (TPSA) is 66.5 Å². The lowest BCUT2D eigenvalue weighted by Gasteiger charge is -2.17. The number of anilines is 1. The molecule has 2 rings (SSSR count). The minimum atomic E-state index is -3.77. The molecule has 2 aromatic carbocycles. The van der Waals surface area contributed by atoms with Crippen molar-refractivity contribution in [1.82, 2.24) is 4.31 Å². The van der Waals surface area contributed by atoms with Crippen LogP contribution in [-0.4, -0.2) is 32.2 Å². The van der Waals surface area contributed by atoms with Crippen molar-refractivity contribution in [3.8, 4) is 0 Å². The molecular formula is C15H13BrCl2N2O3S. The maximum atomic E-state index is 12.4. The van der Waals surface area contributed by atoms with Gasteiger partial charge in [-0.25, -0.2) is 8.42 Å². The first kappa shape index (κ1) is 19.2. The summed E-state index contributed by atoms with van der Waals surface area (Å²) in [6.07, 6.45) is 0. The number of carbonyl (C=O) groups excluding carboxylic acids is 1. The number of nitrogens with one attached hydrogen (secondary N) is 1. The van der Waals surface area contributed by atoms with Gasteiger partial charge in [0.05, 0.1) is 27.2 Å². The van der Waals surface area contributed by atoms with Crippen LogP contribution in [0.1, 0.15) is 0 Å². The summed E-state index contributed by atoms with van der Waals surface area (Å²) in [5, 5.41) is 3.04.